The number of rotatable bonds is 3. The Morgan fingerprint density at radius 2 is 2.00 bits per heavy atom. The highest BCUT2D eigenvalue weighted by Crippen LogP contribution is 2.28. The number of benzene rings is 2. The number of methoxy groups -OCH3 is 1. The number of amides is 1. The van der Waals surface area contributed by atoms with Crippen LogP contribution in [0.3, 0.4) is 0 Å². The first kappa shape index (κ1) is 14.2. The number of phenols is 1. The fourth-order valence-electron chi connectivity index (χ4n) is 1.72. The monoisotopic (exact) mass is 291 g/mol. The van der Waals surface area contributed by atoms with Gasteiger partial charge in [-0.3, -0.25) is 4.79 Å². The SMILES string of the molecule is COc1ccc(Cl)cc1NC(=O)c1ccc(C)c(O)c1. The molecule has 0 heterocycles. The lowest BCUT2D eigenvalue weighted by Crippen LogP contribution is -2.12. The molecule has 0 atom stereocenters. The van der Waals surface area contributed by atoms with Gasteiger partial charge in [0.25, 0.3) is 5.91 Å². The third-order valence-corrected chi connectivity index (χ3v) is 3.12. The van der Waals surface area contributed by atoms with E-state index < -0.39 is 0 Å². The minimum absolute atomic E-state index is 0.0794. The molecule has 2 aromatic carbocycles. The number of carbonyl (C=O) groups excluding carboxylic acids is 1. The standard InChI is InChI=1S/C15H14ClNO3/c1-9-3-4-10(7-13(9)18)15(19)17-12-8-11(16)5-6-14(12)20-2/h3-8,18H,1-2H3,(H,17,19). The number of nitrogens with one attached hydrogen (secondary N) is 1. The number of halogens is 1. The molecule has 0 fully saturated rings. The number of aromatic hydroxyl groups is 1. The molecule has 0 radical (unpaired) electrons. The summed E-state index contributed by atoms with van der Waals surface area (Å²) < 4.78 is 5.16. The molecule has 20 heavy (non-hydrogen) atoms. The molecule has 0 bridgehead atoms. The van der Waals surface area contributed by atoms with Crippen molar-refractivity contribution in [3.05, 3.63) is 52.5 Å². The Hall–Kier alpha value is -2.20. The van der Waals surface area contributed by atoms with Crippen LogP contribution < -0.4 is 10.1 Å². The van der Waals surface area contributed by atoms with Gasteiger partial charge in [-0.05, 0) is 42.8 Å². The number of aryl methyl sites for hydroxylation is 1. The third-order valence-electron chi connectivity index (χ3n) is 2.88. The van der Waals surface area contributed by atoms with E-state index in [-0.39, 0.29) is 11.7 Å². The van der Waals surface area contributed by atoms with Crippen LogP contribution in [0.25, 0.3) is 0 Å². The number of carbonyl (C=O) groups is 1. The van der Waals surface area contributed by atoms with Crippen LogP contribution in [0.1, 0.15) is 15.9 Å². The van der Waals surface area contributed by atoms with Crippen LogP contribution in [-0.4, -0.2) is 18.1 Å². The summed E-state index contributed by atoms with van der Waals surface area (Å²) in [6.45, 7) is 1.76. The molecule has 4 nitrogen and oxygen atoms in total. The Kier molecular flexibility index (Phi) is 4.15. The molecule has 0 aliphatic heterocycles. The van der Waals surface area contributed by atoms with Crippen molar-refractivity contribution in [1.82, 2.24) is 0 Å². The van der Waals surface area contributed by atoms with Crippen LogP contribution in [0.4, 0.5) is 5.69 Å². The van der Waals surface area contributed by atoms with E-state index in [1.54, 1.807) is 37.3 Å². The summed E-state index contributed by atoms with van der Waals surface area (Å²) in [5.74, 6) is 0.246. The first-order chi connectivity index (χ1) is 9.51. The molecular formula is C15H14ClNO3. The van der Waals surface area contributed by atoms with Gasteiger partial charge in [0.1, 0.15) is 11.5 Å². The quantitative estimate of drug-likeness (QED) is 0.908. The average Bonchev–Trinajstić information content (AvgIpc) is 2.42. The van der Waals surface area contributed by atoms with Gasteiger partial charge in [0.2, 0.25) is 0 Å². The summed E-state index contributed by atoms with van der Waals surface area (Å²) in [7, 11) is 1.51. The maximum Gasteiger partial charge on any atom is 0.255 e. The molecule has 2 N–H and O–H groups in total. The second kappa shape index (κ2) is 5.84. The third kappa shape index (κ3) is 3.03. The number of hydrogen-bond acceptors (Lipinski definition) is 3. The van der Waals surface area contributed by atoms with Crippen molar-refractivity contribution in [2.45, 2.75) is 6.92 Å². The van der Waals surface area contributed by atoms with Crippen LogP contribution in [0.2, 0.25) is 5.02 Å². The van der Waals surface area contributed by atoms with E-state index in [1.165, 1.54) is 13.2 Å². The zero-order valence-corrected chi connectivity index (χ0v) is 11.9. The molecule has 0 saturated heterocycles. The van der Waals surface area contributed by atoms with Gasteiger partial charge in [-0.1, -0.05) is 17.7 Å². The lowest BCUT2D eigenvalue weighted by molar-refractivity contribution is 0.102. The summed E-state index contributed by atoms with van der Waals surface area (Å²) in [4.78, 5) is 12.1. The smallest absolute Gasteiger partial charge is 0.255 e. The molecule has 0 unspecified atom stereocenters. The van der Waals surface area contributed by atoms with Gasteiger partial charge in [0.15, 0.2) is 0 Å². The van der Waals surface area contributed by atoms with E-state index >= 15 is 0 Å². The predicted octanol–water partition coefficient (Wildman–Crippen LogP) is 3.61. The highest BCUT2D eigenvalue weighted by Gasteiger charge is 2.11. The van der Waals surface area contributed by atoms with Gasteiger partial charge in [-0.15, -0.1) is 0 Å². The van der Waals surface area contributed by atoms with Gasteiger partial charge in [-0.2, -0.15) is 0 Å². The normalized spacial score (nSPS) is 10.2. The Morgan fingerprint density at radius 1 is 1.25 bits per heavy atom. The van der Waals surface area contributed by atoms with Crippen LogP contribution >= 0.6 is 11.6 Å². The van der Waals surface area contributed by atoms with E-state index in [2.05, 4.69) is 5.32 Å². The van der Waals surface area contributed by atoms with Crippen molar-refractivity contribution < 1.29 is 14.6 Å². The molecule has 104 valence electrons. The van der Waals surface area contributed by atoms with Crippen molar-refractivity contribution in [3.8, 4) is 11.5 Å². The first-order valence-corrected chi connectivity index (χ1v) is 6.33. The topological polar surface area (TPSA) is 58.6 Å². The number of hydrogen-bond donors (Lipinski definition) is 2. The van der Waals surface area contributed by atoms with Crippen molar-refractivity contribution in [1.29, 1.82) is 0 Å². The van der Waals surface area contributed by atoms with Crippen molar-refractivity contribution >= 4 is 23.2 Å². The van der Waals surface area contributed by atoms with Crippen molar-refractivity contribution in [2.24, 2.45) is 0 Å². The fraction of sp³-hybridized carbons (Fsp3) is 0.133. The van der Waals surface area contributed by atoms with E-state index in [0.29, 0.717) is 27.6 Å². The maximum atomic E-state index is 12.1. The van der Waals surface area contributed by atoms with Crippen LogP contribution in [-0.2, 0) is 0 Å². The van der Waals surface area contributed by atoms with Gasteiger partial charge in [0.05, 0.1) is 12.8 Å². The zero-order chi connectivity index (χ0) is 14.7. The number of anilines is 1. The number of phenolic OH excluding ortho intramolecular Hbond substituents is 1. The van der Waals surface area contributed by atoms with Crippen LogP contribution in [0.15, 0.2) is 36.4 Å². The zero-order valence-electron chi connectivity index (χ0n) is 11.1. The Bertz CT molecular complexity index is 656. The summed E-state index contributed by atoms with van der Waals surface area (Å²) in [5, 5.41) is 12.8. The fourth-order valence-corrected chi connectivity index (χ4v) is 1.90. The summed E-state index contributed by atoms with van der Waals surface area (Å²) in [6.07, 6.45) is 0. The lowest BCUT2D eigenvalue weighted by atomic mass is 10.1. The second-order valence-electron chi connectivity index (χ2n) is 4.30. The minimum Gasteiger partial charge on any atom is -0.508 e. The average molecular weight is 292 g/mol. The summed E-state index contributed by atoms with van der Waals surface area (Å²) >= 11 is 5.90. The number of ether oxygens (including phenoxy) is 1. The van der Waals surface area contributed by atoms with E-state index in [0.717, 1.165) is 0 Å². The Balaban J connectivity index is 2.27. The maximum absolute atomic E-state index is 12.1. The minimum atomic E-state index is -0.346. The first-order valence-electron chi connectivity index (χ1n) is 5.96. The van der Waals surface area contributed by atoms with Gasteiger partial charge in [-0.25, -0.2) is 0 Å². The molecule has 0 aliphatic carbocycles. The molecule has 0 saturated carbocycles. The second-order valence-corrected chi connectivity index (χ2v) is 4.74. The van der Waals surface area contributed by atoms with Crippen LogP contribution in [0, 0.1) is 6.92 Å². The molecular weight excluding hydrogens is 278 g/mol. The molecule has 1 amide bonds. The molecule has 0 aliphatic rings. The molecule has 5 heteroatoms. The summed E-state index contributed by atoms with van der Waals surface area (Å²) in [5.41, 5.74) is 1.54. The van der Waals surface area contributed by atoms with E-state index in [9.17, 15) is 9.90 Å². The molecule has 0 spiro atoms. The van der Waals surface area contributed by atoms with Crippen LogP contribution in [0.5, 0.6) is 11.5 Å². The predicted molar refractivity (Wildman–Crippen MR) is 78.8 cm³/mol. The Labute approximate surface area is 122 Å². The summed E-state index contributed by atoms with van der Waals surface area (Å²) in [6, 6.07) is 9.69. The highest BCUT2D eigenvalue weighted by molar-refractivity contribution is 6.31. The van der Waals surface area contributed by atoms with Gasteiger partial charge < -0.3 is 15.2 Å². The Morgan fingerprint density at radius 3 is 2.65 bits per heavy atom. The van der Waals surface area contributed by atoms with Crippen molar-refractivity contribution in [2.75, 3.05) is 12.4 Å². The van der Waals surface area contributed by atoms with E-state index in [4.69, 9.17) is 16.3 Å². The lowest BCUT2D eigenvalue weighted by Gasteiger charge is -2.11. The van der Waals surface area contributed by atoms with Gasteiger partial charge >= 0.3 is 0 Å². The molecule has 2 rings (SSSR count). The molecule has 2 aromatic rings. The molecule has 0 aromatic heterocycles. The van der Waals surface area contributed by atoms with Crippen molar-refractivity contribution in [3.63, 3.8) is 0 Å². The van der Waals surface area contributed by atoms with Gasteiger partial charge in [0, 0.05) is 10.6 Å². The largest absolute Gasteiger partial charge is 0.508 e. The highest BCUT2D eigenvalue weighted by atomic mass is 35.5. The van der Waals surface area contributed by atoms with E-state index in [1.807, 2.05) is 0 Å².